The predicted molar refractivity (Wildman–Crippen MR) is 128 cm³/mol. The molecule has 2 N–H and O–H groups in total. The number of anilines is 1. The van der Waals surface area contributed by atoms with Gasteiger partial charge in [-0.15, -0.1) is 0 Å². The molecule has 168 valence electrons. The van der Waals surface area contributed by atoms with Gasteiger partial charge >= 0.3 is 11.6 Å². The lowest BCUT2D eigenvalue weighted by molar-refractivity contribution is -0.660. The van der Waals surface area contributed by atoms with Crippen LogP contribution < -0.4 is 15.1 Å². The van der Waals surface area contributed by atoms with Gasteiger partial charge in [-0.3, -0.25) is 0 Å². The maximum atomic E-state index is 12.6. The number of rotatable bonds is 7. The van der Waals surface area contributed by atoms with Crippen LogP contribution in [0.25, 0.3) is 34.0 Å². The normalized spacial score (nSPS) is 11.5. The van der Waals surface area contributed by atoms with Crippen molar-refractivity contribution in [2.24, 2.45) is 0 Å². The number of para-hydroxylation sites is 1. The van der Waals surface area contributed by atoms with Gasteiger partial charge in [0.25, 0.3) is 5.52 Å². The van der Waals surface area contributed by atoms with Crippen LogP contribution in [0.3, 0.4) is 0 Å². The van der Waals surface area contributed by atoms with Crippen LogP contribution >= 0.6 is 0 Å². The fourth-order valence-corrected chi connectivity index (χ4v) is 4.02. The van der Waals surface area contributed by atoms with Crippen molar-refractivity contribution >= 4 is 45.7 Å². The Morgan fingerprint density at radius 3 is 2.55 bits per heavy atom. The summed E-state index contributed by atoms with van der Waals surface area (Å²) in [6.45, 7) is 5.60. The van der Waals surface area contributed by atoms with Crippen LogP contribution in [0, 0.1) is 0 Å². The maximum absolute atomic E-state index is 12.6. The van der Waals surface area contributed by atoms with E-state index in [1.165, 1.54) is 10.6 Å². The molecule has 2 aromatic carbocycles. The number of carbonyl (C=O) groups is 1. The average molecular weight is 445 g/mol. The van der Waals surface area contributed by atoms with Crippen LogP contribution in [-0.4, -0.2) is 29.3 Å². The fourth-order valence-electron chi connectivity index (χ4n) is 4.02. The van der Waals surface area contributed by atoms with Crippen LogP contribution in [0.15, 0.2) is 63.9 Å². The molecule has 0 aliphatic rings. The molecule has 0 saturated heterocycles. The number of phenols is 1. The number of phenolic OH excluding ortho intramolecular Hbond substituents is 1. The number of nitrogens with zero attached hydrogens (tertiary/aromatic N) is 2. The molecule has 33 heavy (non-hydrogen) atoms. The lowest BCUT2D eigenvalue weighted by atomic mass is 10.1. The largest absolute Gasteiger partial charge is 0.502 e. The molecule has 7 heteroatoms. The van der Waals surface area contributed by atoms with Gasteiger partial charge in [-0.25, -0.2) is 9.59 Å². The summed E-state index contributed by atoms with van der Waals surface area (Å²) in [7, 11) is 0. The van der Waals surface area contributed by atoms with Crippen LogP contribution in [0.4, 0.5) is 5.69 Å². The minimum atomic E-state index is -1.01. The van der Waals surface area contributed by atoms with Crippen molar-refractivity contribution in [2.45, 2.75) is 20.4 Å². The van der Waals surface area contributed by atoms with E-state index in [0.29, 0.717) is 22.0 Å². The number of pyridine rings is 1. The van der Waals surface area contributed by atoms with Crippen molar-refractivity contribution in [3.63, 3.8) is 0 Å². The highest BCUT2D eigenvalue weighted by Crippen LogP contribution is 2.26. The van der Waals surface area contributed by atoms with Crippen LogP contribution in [0.2, 0.25) is 0 Å². The third-order valence-corrected chi connectivity index (χ3v) is 5.67. The highest BCUT2D eigenvalue weighted by Gasteiger charge is 2.18. The Labute approximate surface area is 190 Å². The Kier molecular flexibility index (Phi) is 6.13. The summed E-state index contributed by atoms with van der Waals surface area (Å²) < 4.78 is 7.06. The third kappa shape index (κ3) is 4.43. The number of hydrogen-bond acceptors (Lipinski definition) is 5. The van der Waals surface area contributed by atoms with E-state index >= 15 is 0 Å². The van der Waals surface area contributed by atoms with Crippen LogP contribution in [-0.2, 0) is 11.3 Å². The molecule has 0 aliphatic carbocycles. The number of carboxylic acid groups (broad SMARTS) is 1. The molecule has 0 spiro atoms. The Hall–Kier alpha value is -4.13. The topological polar surface area (TPSA) is 94.9 Å². The van der Waals surface area contributed by atoms with Crippen molar-refractivity contribution in [3.8, 4) is 5.75 Å². The third-order valence-electron chi connectivity index (χ3n) is 5.67. The smallest absolute Gasteiger partial charge is 0.370 e. The van der Waals surface area contributed by atoms with Crippen LogP contribution in [0.5, 0.6) is 5.75 Å². The second kappa shape index (κ2) is 9.16. The molecule has 2 heterocycles. The number of carboxylic acids is 1. The molecule has 0 bridgehead atoms. The average Bonchev–Trinajstić information content (AvgIpc) is 2.79. The number of aliphatic carboxylic acids is 1. The van der Waals surface area contributed by atoms with Crippen molar-refractivity contribution < 1.29 is 24.0 Å². The molecule has 0 aliphatic heterocycles. The molecule has 0 atom stereocenters. The molecule has 4 rings (SSSR count). The Bertz CT molecular complexity index is 1430. The first-order valence-corrected chi connectivity index (χ1v) is 10.8. The van der Waals surface area contributed by atoms with Crippen LogP contribution in [0.1, 0.15) is 25.0 Å². The van der Waals surface area contributed by atoms with Crippen molar-refractivity contribution in [2.75, 3.05) is 18.0 Å². The van der Waals surface area contributed by atoms with E-state index in [2.05, 4.69) is 18.7 Å². The Balaban J connectivity index is 1.75. The first-order valence-electron chi connectivity index (χ1n) is 10.8. The molecule has 4 aromatic rings. The van der Waals surface area contributed by atoms with E-state index in [9.17, 15) is 14.7 Å². The maximum Gasteiger partial charge on any atom is 0.370 e. The number of hydrogen-bond donors (Lipinski definition) is 2. The molecule has 0 saturated carbocycles. The lowest BCUT2D eigenvalue weighted by Gasteiger charge is -2.20. The molecule has 2 aromatic heterocycles. The summed E-state index contributed by atoms with van der Waals surface area (Å²) in [5.74, 6) is -1.02. The molecule has 0 unspecified atom stereocenters. The van der Waals surface area contributed by atoms with E-state index in [-0.39, 0.29) is 12.3 Å². The standard InChI is InChI=1S/C26H24N2O5/c1-3-27(4-2)20-11-10-18-14-19(26(32)33-23(18)15-20)9-8-17-12-13-28(16-24(30)31)25-21(17)6-5-7-22(25)29/h5-15H,3-4,16H2,1-2H3,(H-,29,30,31)/p+1. The fraction of sp³-hybridized carbons (Fsp3) is 0.192. The van der Waals surface area contributed by atoms with E-state index in [4.69, 9.17) is 9.52 Å². The Morgan fingerprint density at radius 2 is 1.82 bits per heavy atom. The summed E-state index contributed by atoms with van der Waals surface area (Å²) in [6.07, 6.45) is 5.03. The van der Waals surface area contributed by atoms with Gasteiger partial charge in [-0.1, -0.05) is 12.1 Å². The van der Waals surface area contributed by atoms with E-state index < -0.39 is 11.6 Å². The summed E-state index contributed by atoms with van der Waals surface area (Å²) in [5, 5.41) is 21.0. The van der Waals surface area contributed by atoms with Gasteiger partial charge in [-0.05, 0) is 55.8 Å². The minimum Gasteiger partial charge on any atom is -0.502 e. The zero-order chi connectivity index (χ0) is 23.5. The molecule has 0 radical (unpaired) electrons. The minimum absolute atomic E-state index is 0.0155. The SMILES string of the molecule is CCN(CC)c1ccc2cc(/C=C/c3cc[n+](CC(=O)O)c4c(O)cccc34)c(=O)oc2c1. The highest BCUT2D eigenvalue weighted by atomic mass is 16.4. The highest BCUT2D eigenvalue weighted by molar-refractivity contribution is 5.92. The van der Waals surface area contributed by atoms with E-state index in [1.54, 1.807) is 42.6 Å². The molecule has 0 amide bonds. The molecular formula is C26H25N2O5+. The van der Waals surface area contributed by atoms with Gasteiger partial charge in [0.15, 0.2) is 11.9 Å². The van der Waals surface area contributed by atoms with Gasteiger partial charge in [-0.2, -0.15) is 4.57 Å². The van der Waals surface area contributed by atoms with Gasteiger partial charge < -0.3 is 19.5 Å². The summed E-state index contributed by atoms with van der Waals surface area (Å²) in [4.78, 5) is 26.0. The number of aromatic hydroxyl groups is 1. The van der Waals surface area contributed by atoms with Crippen molar-refractivity contribution in [3.05, 3.63) is 76.3 Å². The van der Waals surface area contributed by atoms with Gasteiger partial charge in [0, 0.05) is 36.3 Å². The molecule has 0 fully saturated rings. The lowest BCUT2D eigenvalue weighted by Crippen LogP contribution is -2.38. The second-order valence-electron chi connectivity index (χ2n) is 7.68. The summed E-state index contributed by atoms with van der Waals surface area (Å²) >= 11 is 0. The quantitative estimate of drug-likeness (QED) is 0.329. The van der Waals surface area contributed by atoms with Crippen molar-refractivity contribution in [1.29, 1.82) is 0 Å². The van der Waals surface area contributed by atoms with E-state index in [0.717, 1.165) is 29.7 Å². The summed E-state index contributed by atoms with van der Waals surface area (Å²) in [5.41, 5.74) is 2.64. The number of fused-ring (bicyclic) bond motifs is 2. The predicted octanol–water partition coefficient (Wildman–Crippen LogP) is 4.04. The first kappa shape index (κ1) is 22.1. The van der Waals surface area contributed by atoms with Gasteiger partial charge in [0.2, 0.25) is 6.54 Å². The Morgan fingerprint density at radius 1 is 1.06 bits per heavy atom. The zero-order valence-corrected chi connectivity index (χ0v) is 18.5. The van der Waals surface area contributed by atoms with Gasteiger partial charge in [0.1, 0.15) is 5.58 Å². The zero-order valence-electron chi connectivity index (χ0n) is 18.5. The van der Waals surface area contributed by atoms with Crippen molar-refractivity contribution in [1.82, 2.24) is 0 Å². The van der Waals surface area contributed by atoms with E-state index in [1.807, 2.05) is 18.2 Å². The number of benzene rings is 2. The molecular weight excluding hydrogens is 420 g/mol. The molecule has 7 nitrogen and oxygen atoms in total. The second-order valence-corrected chi connectivity index (χ2v) is 7.68. The first-order chi connectivity index (χ1) is 15.9. The monoisotopic (exact) mass is 445 g/mol. The number of aromatic nitrogens is 1. The summed E-state index contributed by atoms with van der Waals surface area (Å²) in [6, 6.07) is 14.4. The van der Waals surface area contributed by atoms with Gasteiger partial charge in [0.05, 0.1) is 10.9 Å².